The molecule has 0 aliphatic rings. The van der Waals surface area contributed by atoms with Crippen molar-refractivity contribution < 1.29 is 21.6 Å². The molecule has 98 valence electrons. The monoisotopic (exact) mass is 261 g/mol. The van der Waals surface area contributed by atoms with Crippen LogP contribution in [0.15, 0.2) is 0 Å². The number of hydrogen-bond acceptors (Lipinski definition) is 2. The number of rotatable bonds is 7. The Hall–Kier alpha value is -0.300. The minimum absolute atomic E-state index is 0.0572. The Morgan fingerprint density at radius 3 is 1.62 bits per heavy atom. The van der Waals surface area contributed by atoms with Gasteiger partial charge in [-0.1, -0.05) is 26.7 Å². The van der Waals surface area contributed by atoms with Crippen molar-refractivity contribution in [3.8, 4) is 0 Å². The van der Waals surface area contributed by atoms with E-state index in [0.29, 0.717) is 30.0 Å². The fourth-order valence-corrected chi connectivity index (χ4v) is 2.20. The first-order valence-corrected chi connectivity index (χ1v) is 6.77. The quantitative estimate of drug-likeness (QED) is 0.706. The van der Waals surface area contributed by atoms with Crippen LogP contribution in [0.1, 0.15) is 39.5 Å². The average Bonchev–Trinajstić information content (AvgIpc) is 2.16. The molecule has 3 nitrogen and oxygen atoms in total. The van der Waals surface area contributed by atoms with Crippen molar-refractivity contribution in [3.63, 3.8) is 0 Å². The van der Waals surface area contributed by atoms with Crippen LogP contribution in [0.5, 0.6) is 0 Å². The molecule has 0 aromatic carbocycles. The van der Waals surface area contributed by atoms with E-state index in [4.69, 9.17) is 0 Å². The van der Waals surface area contributed by atoms with Gasteiger partial charge < -0.3 is 0 Å². The molecule has 0 rings (SSSR count). The lowest BCUT2D eigenvalue weighted by Gasteiger charge is -2.22. The number of halogens is 3. The van der Waals surface area contributed by atoms with Crippen LogP contribution in [0.25, 0.3) is 0 Å². The Bertz CT molecular complexity index is 280. The first-order valence-electron chi connectivity index (χ1n) is 5.33. The van der Waals surface area contributed by atoms with Gasteiger partial charge >= 0.3 is 15.5 Å². The van der Waals surface area contributed by atoms with E-state index in [-0.39, 0.29) is 13.1 Å². The second-order valence-electron chi connectivity index (χ2n) is 3.56. The van der Waals surface area contributed by atoms with E-state index in [9.17, 15) is 21.6 Å². The van der Waals surface area contributed by atoms with E-state index in [2.05, 4.69) is 0 Å². The summed E-state index contributed by atoms with van der Waals surface area (Å²) in [5.41, 5.74) is -5.19. The van der Waals surface area contributed by atoms with Gasteiger partial charge in [0, 0.05) is 13.1 Å². The van der Waals surface area contributed by atoms with E-state index in [1.165, 1.54) is 0 Å². The number of unbranched alkanes of at least 4 members (excludes halogenated alkanes) is 2. The zero-order valence-corrected chi connectivity index (χ0v) is 10.4. The molecule has 0 saturated heterocycles. The molecule has 0 aromatic heterocycles. The van der Waals surface area contributed by atoms with Crippen LogP contribution in [0.3, 0.4) is 0 Å². The van der Waals surface area contributed by atoms with Crippen LogP contribution >= 0.6 is 0 Å². The Morgan fingerprint density at radius 1 is 1.00 bits per heavy atom. The van der Waals surface area contributed by atoms with E-state index < -0.39 is 15.5 Å². The van der Waals surface area contributed by atoms with Crippen molar-refractivity contribution >= 4 is 10.0 Å². The van der Waals surface area contributed by atoms with Gasteiger partial charge in [0.1, 0.15) is 0 Å². The fourth-order valence-electron chi connectivity index (χ4n) is 1.17. The molecule has 0 spiro atoms. The summed E-state index contributed by atoms with van der Waals surface area (Å²) in [6, 6.07) is 0. The van der Waals surface area contributed by atoms with Crippen LogP contribution in [0.2, 0.25) is 0 Å². The molecule has 0 aliphatic heterocycles. The van der Waals surface area contributed by atoms with Crippen LogP contribution in [0.4, 0.5) is 13.2 Å². The number of nitrogens with zero attached hydrogens (tertiary/aromatic N) is 1. The minimum Gasteiger partial charge on any atom is -0.203 e. The van der Waals surface area contributed by atoms with Gasteiger partial charge in [-0.3, -0.25) is 0 Å². The molecule has 0 bridgehead atoms. The molecule has 0 N–H and O–H groups in total. The first-order chi connectivity index (χ1) is 7.27. The second-order valence-corrected chi connectivity index (χ2v) is 5.49. The zero-order valence-electron chi connectivity index (χ0n) is 9.55. The van der Waals surface area contributed by atoms with Gasteiger partial charge in [0.05, 0.1) is 0 Å². The Balaban J connectivity index is 4.73. The van der Waals surface area contributed by atoms with E-state index >= 15 is 0 Å². The van der Waals surface area contributed by atoms with Gasteiger partial charge in [-0.25, -0.2) is 8.42 Å². The normalized spacial score (nSPS) is 13.4. The van der Waals surface area contributed by atoms with Gasteiger partial charge in [0.2, 0.25) is 0 Å². The van der Waals surface area contributed by atoms with Crippen molar-refractivity contribution in [1.82, 2.24) is 4.31 Å². The maximum absolute atomic E-state index is 12.3. The van der Waals surface area contributed by atoms with Crippen molar-refractivity contribution in [2.75, 3.05) is 13.1 Å². The van der Waals surface area contributed by atoms with Gasteiger partial charge in [-0.05, 0) is 12.8 Å². The van der Waals surface area contributed by atoms with Gasteiger partial charge in [-0.15, -0.1) is 0 Å². The smallest absolute Gasteiger partial charge is 0.203 e. The van der Waals surface area contributed by atoms with Crippen molar-refractivity contribution in [2.45, 2.75) is 45.0 Å². The molecular weight excluding hydrogens is 243 g/mol. The van der Waals surface area contributed by atoms with Gasteiger partial charge in [0.15, 0.2) is 0 Å². The third kappa shape index (κ3) is 4.29. The van der Waals surface area contributed by atoms with Crippen molar-refractivity contribution in [3.05, 3.63) is 0 Å². The molecular formula is C9H18F3NO2S. The summed E-state index contributed by atoms with van der Waals surface area (Å²) in [6.07, 6.45) is 2.21. The third-order valence-corrected chi connectivity index (χ3v) is 3.78. The summed E-state index contributed by atoms with van der Waals surface area (Å²) in [4.78, 5) is 0. The largest absolute Gasteiger partial charge is 0.511 e. The topological polar surface area (TPSA) is 37.4 Å². The molecule has 0 atom stereocenters. The molecule has 0 unspecified atom stereocenters. The highest BCUT2D eigenvalue weighted by molar-refractivity contribution is 7.89. The number of alkyl halides is 3. The molecule has 0 saturated carbocycles. The predicted molar refractivity (Wildman–Crippen MR) is 56.4 cm³/mol. The highest BCUT2D eigenvalue weighted by atomic mass is 32.2. The fraction of sp³-hybridized carbons (Fsp3) is 1.00. The summed E-state index contributed by atoms with van der Waals surface area (Å²) in [6.45, 7) is 3.49. The first kappa shape index (κ1) is 15.7. The van der Waals surface area contributed by atoms with Crippen LogP contribution in [0, 0.1) is 0 Å². The number of sulfonamides is 1. The van der Waals surface area contributed by atoms with Gasteiger partial charge in [0.25, 0.3) is 0 Å². The summed E-state index contributed by atoms with van der Waals surface area (Å²) < 4.78 is 59.8. The van der Waals surface area contributed by atoms with E-state index in [0.717, 1.165) is 0 Å². The molecule has 0 amide bonds. The molecule has 0 aliphatic carbocycles. The molecule has 16 heavy (non-hydrogen) atoms. The Kier molecular flexibility index (Phi) is 6.32. The lowest BCUT2D eigenvalue weighted by molar-refractivity contribution is -0.0489. The van der Waals surface area contributed by atoms with Gasteiger partial charge in [-0.2, -0.15) is 17.5 Å². The standard InChI is InChI=1S/C9H18F3NO2S/c1-3-5-7-13(8-6-4-2)16(14,15)9(10,11)12/h3-8H2,1-2H3. The number of hydrogen-bond donors (Lipinski definition) is 0. The molecule has 0 fully saturated rings. The highest BCUT2D eigenvalue weighted by Crippen LogP contribution is 2.27. The van der Waals surface area contributed by atoms with Crippen LogP contribution in [-0.4, -0.2) is 31.3 Å². The summed E-state index contributed by atoms with van der Waals surface area (Å²) in [5, 5.41) is 0. The molecule has 0 radical (unpaired) electrons. The lowest BCUT2D eigenvalue weighted by Crippen LogP contribution is -2.41. The van der Waals surface area contributed by atoms with Crippen molar-refractivity contribution in [1.29, 1.82) is 0 Å². The summed E-state index contributed by atoms with van der Waals surface area (Å²) >= 11 is 0. The Morgan fingerprint density at radius 2 is 1.38 bits per heavy atom. The predicted octanol–water partition coefficient (Wildman–Crippen LogP) is 2.74. The molecule has 0 aromatic rings. The summed E-state index contributed by atoms with van der Waals surface area (Å²) in [5.74, 6) is 0. The Labute approximate surface area is 94.7 Å². The zero-order chi connectivity index (χ0) is 12.8. The lowest BCUT2D eigenvalue weighted by atomic mass is 10.3. The SMILES string of the molecule is CCCCN(CCCC)S(=O)(=O)C(F)(F)F. The maximum Gasteiger partial charge on any atom is 0.511 e. The molecule has 7 heteroatoms. The average molecular weight is 261 g/mol. The van der Waals surface area contributed by atoms with Crippen LogP contribution in [-0.2, 0) is 10.0 Å². The molecule has 0 heterocycles. The third-order valence-electron chi connectivity index (χ3n) is 2.15. The minimum atomic E-state index is -5.19. The van der Waals surface area contributed by atoms with Crippen LogP contribution < -0.4 is 0 Å². The summed E-state index contributed by atoms with van der Waals surface area (Å²) in [7, 11) is -5.15. The van der Waals surface area contributed by atoms with E-state index in [1.807, 2.05) is 0 Å². The maximum atomic E-state index is 12.3. The second kappa shape index (κ2) is 6.44. The van der Waals surface area contributed by atoms with E-state index in [1.54, 1.807) is 13.8 Å². The van der Waals surface area contributed by atoms with Crippen molar-refractivity contribution in [2.24, 2.45) is 0 Å². The highest BCUT2D eigenvalue weighted by Gasteiger charge is 2.49.